The Kier molecular flexibility index (Phi) is 20.1. The molecule has 0 amide bonds. The molecule has 51 heavy (non-hydrogen) atoms. The van der Waals surface area contributed by atoms with Crippen molar-refractivity contribution in [2.45, 2.75) is 0 Å². The van der Waals surface area contributed by atoms with Gasteiger partial charge in [-0.05, 0) is 36.4 Å². The van der Waals surface area contributed by atoms with Crippen LogP contribution in [0.15, 0.2) is 192 Å². The Morgan fingerprint density at radius 1 is 0.471 bits per heavy atom. The zero-order chi connectivity index (χ0) is 36.7. The van der Waals surface area contributed by atoms with Crippen LogP contribution in [0.3, 0.4) is 0 Å². The Bertz CT molecular complexity index is 1700. The van der Waals surface area contributed by atoms with Crippen LogP contribution in [0, 0.1) is 35.3 Å². The van der Waals surface area contributed by atoms with Crippen molar-refractivity contribution in [3.05, 3.63) is 217 Å². The van der Waals surface area contributed by atoms with E-state index in [9.17, 15) is 0 Å². The second-order valence-corrected chi connectivity index (χ2v) is 16.0. The van der Waals surface area contributed by atoms with Crippen LogP contribution in [0.4, 0.5) is 0 Å². The molecule has 2 radical (unpaired) electrons. The summed E-state index contributed by atoms with van der Waals surface area (Å²) < 4.78 is 6.38. The largest absolute Gasteiger partial charge is 0.444 e. The van der Waals surface area contributed by atoms with Crippen molar-refractivity contribution < 1.29 is 22.2 Å². The zero-order valence-corrected chi connectivity index (χ0v) is 29.6. The summed E-state index contributed by atoms with van der Waals surface area (Å²) >= 11 is 0. The average molecular weight is 762 g/mol. The third-order valence-corrected chi connectivity index (χ3v) is 15.5. The van der Waals surface area contributed by atoms with Gasteiger partial charge in [-0.15, -0.1) is 19.7 Å². The summed E-state index contributed by atoms with van der Waals surface area (Å²) in [5.41, 5.74) is 11.5. The maximum absolute atomic E-state index is 8.25. The minimum atomic E-state index is -2.50. The molecule has 0 spiro atoms. The Labute approximate surface area is 305 Å². The molecular formula is C36H30FeN5O7P2-. The molecule has 0 saturated carbocycles. The van der Waals surface area contributed by atoms with Gasteiger partial charge in [0.25, 0.3) is 0 Å². The maximum Gasteiger partial charge on any atom is 0.228 e. The second kappa shape index (κ2) is 23.6. The summed E-state index contributed by atoms with van der Waals surface area (Å²) in [6.45, 7) is 0. The average Bonchev–Trinajstić information content (AvgIpc) is 3.19. The molecule has 0 aliphatic rings. The van der Waals surface area contributed by atoms with Gasteiger partial charge in [0.2, 0.25) is 7.41 Å². The molecule has 0 unspecified atom stereocenters. The number of nitrogens with zero attached hydrogens (tertiary/aromatic N) is 5. The van der Waals surface area contributed by atoms with Gasteiger partial charge in [0, 0.05) is 33.0 Å². The van der Waals surface area contributed by atoms with E-state index in [1.54, 1.807) is 0 Å². The van der Waals surface area contributed by atoms with Crippen LogP contribution < -0.4 is 43.0 Å². The summed E-state index contributed by atoms with van der Waals surface area (Å²) in [6.07, 6.45) is 0. The van der Waals surface area contributed by atoms with Gasteiger partial charge >= 0.3 is 0 Å². The first-order valence-corrected chi connectivity index (χ1v) is 18.0. The summed E-state index contributed by atoms with van der Waals surface area (Å²) in [5.74, 6) is 0. The van der Waals surface area contributed by atoms with Crippen LogP contribution in [0.5, 0.6) is 0 Å². The van der Waals surface area contributed by atoms with E-state index in [0.717, 1.165) is 5.34 Å². The number of hydrogen-bond acceptors (Lipinski definition) is 9. The first-order chi connectivity index (χ1) is 24.5. The van der Waals surface area contributed by atoms with Gasteiger partial charge in [0.1, 0.15) is 34.2 Å². The summed E-state index contributed by atoms with van der Waals surface area (Å²) in [6, 6.07) is 65.7. The number of hydrogen-bond donors (Lipinski definition) is 0. The van der Waals surface area contributed by atoms with E-state index in [-0.39, 0.29) is 17.1 Å². The molecule has 0 saturated heterocycles. The van der Waals surface area contributed by atoms with Crippen molar-refractivity contribution >= 4 is 46.3 Å². The van der Waals surface area contributed by atoms with Gasteiger partial charge in [-0.2, -0.15) is 0 Å². The van der Waals surface area contributed by atoms with E-state index in [0.29, 0.717) is 0 Å². The van der Waals surface area contributed by atoms with Crippen molar-refractivity contribution in [1.82, 2.24) is 11.2 Å². The Balaban J connectivity index is 0.000000972. The van der Waals surface area contributed by atoms with E-state index < -0.39 is 19.6 Å². The summed E-state index contributed by atoms with van der Waals surface area (Å²) in [7, 11) is -4.99. The minimum absolute atomic E-state index is 0. The van der Waals surface area contributed by atoms with Crippen molar-refractivity contribution in [2.75, 3.05) is 0 Å². The minimum Gasteiger partial charge on any atom is -0.444 e. The van der Waals surface area contributed by atoms with E-state index in [1.165, 1.54) is 31.8 Å². The zero-order valence-electron chi connectivity index (χ0n) is 26.7. The van der Waals surface area contributed by atoms with Crippen molar-refractivity contribution in [3.63, 3.8) is 0 Å². The molecule has 15 heteroatoms. The molecule has 0 N–H and O–H groups in total. The smallest absolute Gasteiger partial charge is 0.228 e. The first kappa shape index (κ1) is 43.3. The van der Waals surface area contributed by atoms with E-state index >= 15 is 0 Å². The molecule has 0 aromatic heterocycles. The van der Waals surface area contributed by atoms with Gasteiger partial charge in [0.15, 0.2) is 0 Å². The topological polar surface area (TPSA) is 210 Å². The Morgan fingerprint density at radius 2 is 0.647 bits per heavy atom. The quantitative estimate of drug-likeness (QED) is 0.0605. The first-order valence-electron chi connectivity index (χ1n) is 14.5. The molecule has 6 aromatic carbocycles. The standard InChI is InChI=1S/C36H30NP2.Fe.NO3.HNO2.2NO/c1-7-19-31(20-8-1)38(32-21-9-2-10-22-32,33-23-11-3-12-24-33)37-39(34-25-13-4-14-26-34,35-27-15-5-16-28-35)36-29-17-6-18-30-36;;2-1(3)4;2-1-3;2*1-2/h1-30H;;;(H,2,3);;/q+1;;-1;;;/p-1. The molecule has 0 aliphatic heterocycles. The molecule has 0 heterocycles. The SMILES string of the molecule is O=N[O-].O=[N+]([O-])[O-].[Fe].[N]=O.[N]=O.c1ccc(P(=N[P+](c2ccccc2)(c2ccccc2)c2ccccc2)(c2ccccc2)c2ccccc2)cc1. The fourth-order valence-electron chi connectivity index (χ4n) is 5.27. The normalized spacial score (nSPS) is 9.73. The molecule has 0 aliphatic carbocycles. The number of rotatable bonds is 7. The molecule has 0 bridgehead atoms. The van der Waals surface area contributed by atoms with Crippen molar-refractivity contribution in [1.29, 1.82) is 0 Å². The molecule has 0 atom stereocenters. The van der Waals surface area contributed by atoms with Crippen LogP contribution >= 0.6 is 14.5 Å². The van der Waals surface area contributed by atoms with Gasteiger partial charge < -0.3 is 25.4 Å². The molecule has 6 aromatic rings. The van der Waals surface area contributed by atoms with Crippen LogP contribution in [0.25, 0.3) is 0 Å². The van der Waals surface area contributed by atoms with E-state index in [4.69, 9.17) is 51.0 Å². The monoisotopic (exact) mass is 762 g/mol. The second-order valence-electron chi connectivity index (χ2n) is 9.67. The van der Waals surface area contributed by atoms with Crippen molar-refractivity contribution in [2.24, 2.45) is 9.86 Å². The van der Waals surface area contributed by atoms with Gasteiger partial charge in [-0.3, -0.25) is 0 Å². The van der Waals surface area contributed by atoms with Crippen LogP contribution in [-0.4, -0.2) is 5.09 Å². The summed E-state index contributed by atoms with van der Waals surface area (Å²) in [4.78, 5) is 30.8. The van der Waals surface area contributed by atoms with E-state index in [1.807, 2.05) is 0 Å². The third kappa shape index (κ3) is 11.2. The Hall–Kier alpha value is -5.70. The fourth-order valence-corrected chi connectivity index (χ4v) is 14.8. The molecule has 0 fully saturated rings. The van der Waals surface area contributed by atoms with Crippen LogP contribution in [0.1, 0.15) is 0 Å². The van der Waals surface area contributed by atoms with Crippen LogP contribution in [-0.2, 0) is 17.1 Å². The molecule has 6 rings (SSSR count). The van der Waals surface area contributed by atoms with Crippen molar-refractivity contribution in [3.8, 4) is 0 Å². The number of nitroso groups, excluding NO2 is 2. The molecule has 260 valence electrons. The molecular weight excluding hydrogens is 732 g/mol. The summed E-state index contributed by atoms with van der Waals surface area (Å²) in [5, 5.41) is 31.3. The van der Waals surface area contributed by atoms with Gasteiger partial charge in [-0.1, -0.05) is 146 Å². The van der Waals surface area contributed by atoms with E-state index in [2.05, 4.69) is 182 Å². The third-order valence-electron chi connectivity index (χ3n) is 7.05. The Morgan fingerprint density at radius 3 is 0.843 bits per heavy atom. The predicted octanol–water partition coefficient (Wildman–Crippen LogP) is 6.19. The predicted molar refractivity (Wildman–Crippen MR) is 203 cm³/mol. The molecule has 12 nitrogen and oxygen atoms in total. The van der Waals surface area contributed by atoms with Gasteiger partial charge in [0.05, 0.1) is 5.09 Å². The fraction of sp³-hybridized carbons (Fsp3) is 0. The number of benzene rings is 6. The van der Waals surface area contributed by atoms with Crippen LogP contribution in [0.2, 0.25) is 0 Å². The van der Waals surface area contributed by atoms with Gasteiger partial charge in [-0.25, -0.2) is 0 Å². The maximum atomic E-state index is 8.25.